The van der Waals surface area contributed by atoms with E-state index in [0.29, 0.717) is 13.0 Å². The zero-order valence-electron chi connectivity index (χ0n) is 12.0. The number of carbonyl (C=O) groups excluding carboxylic acids is 2. The molecule has 0 bridgehead atoms. The van der Waals surface area contributed by atoms with Crippen LogP contribution >= 0.6 is 0 Å². The lowest BCUT2D eigenvalue weighted by Gasteiger charge is -2.32. The topological polar surface area (TPSA) is 72.6 Å². The van der Waals surface area contributed by atoms with Crippen molar-refractivity contribution in [3.05, 3.63) is 29.6 Å². The molecule has 5 nitrogen and oxygen atoms in total. The van der Waals surface area contributed by atoms with E-state index in [4.69, 9.17) is 10.5 Å². The number of nitrogens with two attached hydrogens (primary N) is 1. The average molecular weight is 294 g/mol. The molecule has 1 fully saturated rings. The molecule has 2 N–H and O–H groups in total. The smallest absolute Gasteiger partial charge is 0.234 e. The molecule has 1 saturated heterocycles. The van der Waals surface area contributed by atoms with Gasteiger partial charge >= 0.3 is 0 Å². The molecule has 1 aromatic carbocycles. The van der Waals surface area contributed by atoms with Crippen LogP contribution in [0.1, 0.15) is 29.6 Å². The summed E-state index contributed by atoms with van der Waals surface area (Å²) in [6.45, 7) is 0.720. The van der Waals surface area contributed by atoms with Crippen LogP contribution in [0.4, 0.5) is 4.39 Å². The van der Waals surface area contributed by atoms with Gasteiger partial charge in [0.15, 0.2) is 17.3 Å². The molecule has 1 aliphatic heterocycles. The molecule has 1 aliphatic rings. The van der Waals surface area contributed by atoms with Crippen molar-refractivity contribution in [3.63, 3.8) is 0 Å². The first-order valence-corrected chi connectivity index (χ1v) is 6.93. The van der Waals surface area contributed by atoms with Crippen molar-refractivity contribution in [2.45, 2.75) is 25.3 Å². The lowest BCUT2D eigenvalue weighted by Crippen LogP contribution is -2.49. The Morgan fingerprint density at radius 3 is 2.81 bits per heavy atom. The largest absolute Gasteiger partial charge is 0.494 e. The van der Waals surface area contributed by atoms with Gasteiger partial charge in [-0.05, 0) is 37.6 Å². The first-order chi connectivity index (χ1) is 10.0. The van der Waals surface area contributed by atoms with Crippen molar-refractivity contribution in [2.75, 3.05) is 20.2 Å². The number of primary amides is 1. The number of methoxy groups -OCH3 is 1. The van der Waals surface area contributed by atoms with Gasteiger partial charge in [0, 0.05) is 5.56 Å². The summed E-state index contributed by atoms with van der Waals surface area (Å²) in [7, 11) is 1.37. The van der Waals surface area contributed by atoms with Crippen molar-refractivity contribution >= 4 is 11.7 Å². The molecular weight excluding hydrogens is 275 g/mol. The minimum atomic E-state index is -0.576. The SMILES string of the molecule is COc1ccc(C(=O)CN2CCCCC2C(N)=O)cc1F. The van der Waals surface area contributed by atoms with E-state index < -0.39 is 17.8 Å². The maximum Gasteiger partial charge on any atom is 0.234 e. The fourth-order valence-electron chi connectivity index (χ4n) is 2.62. The molecule has 21 heavy (non-hydrogen) atoms. The molecule has 0 saturated carbocycles. The second-order valence-electron chi connectivity index (χ2n) is 5.16. The minimum absolute atomic E-state index is 0.0688. The summed E-state index contributed by atoms with van der Waals surface area (Å²) in [4.78, 5) is 25.4. The quantitative estimate of drug-likeness (QED) is 0.832. The molecule has 0 aliphatic carbocycles. The highest BCUT2D eigenvalue weighted by Crippen LogP contribution is 2.20. The van der Waals surface area contributed by atoms with Crippen LogP contribution in [0, 0.1) is 5.82 Å². The number of rotatable bonds is 5. The van der Waals surface area contributed by atoms with Crippen molar-refractivity contribution in [2.24, 2.45) is 5.73 Å². The molecular formula is C15H19FN2O3. The van der Waals surface area contributed by atoms with E-state index in [2.05, 4.69) is 0 Å². The highest BCUT2D eigenvalue weighted by atomic mass is 19.1. The molecule has 1 amide bonds. The molecule has 0 aromatic heterocycles. The number of hydrogen-bond donors (Lipinski definition) is 1. The number of amides is 1. The number of hydrogen-bond acceptors (Lipinski definition) is 4. The molecule has 114 valence electrons. The lowest BCUT2D eigenvalue weighted by atomic mass is 10.0. The highest BCUT2D eigenvalue weighted by Gasteiger charge is 2.28. The molecule has 0 radical (unpaired) electrons. The Hall–Kier alpha value is -1.95. The van der Waals surface area contributed by atoms with Crippen molar-refractivity contribution in [3.8, 4) is 5.75 Å². The summed E-state index contributed by atoms with van der Waals surface area (Å²) in [6, 6.07) is 3.69. The fraction of sp³-hybridized carbons (Fsp3) is 0.467. The van der Waals surface area contributed by atoms with E-state index in [1.54, 1.807) is 4.90 Å². The highest BCUT2D eigenvalue weighted by molar-refractivity contribution is 5.98. The predicted molar refractivity (Wildman–Crippen MR) is 75.7 cm³/mol. The van der Waals surface area contributed by atoms with Crippen LogP contribution in [0.5, 0.6) is 5.75 Å². The summed E-state index contributed by atoms with van der Waals surface area (Å²) >= 11 is 0. The summed E-state index contributed by atoms with van der Waals surface area (Å²) in [5.41, 5.74) is 5.63. The van der Waals surface area contributed by atoms with Gasteiger partial charge in [0.2, 0.25) is 5.91 Å². The Labute approximate surface area is 122 Å². The monoisotopic (exact) mass is 294 g/mol. The van der Waals surface area contributed by atoms with Gasteiger partial charge in [-0.3, -0.25) is 14.5 Å². The number of ether oxygens (including phenoxy) is 1. The molecule has 0 spiro atoms. The second kappa shape index (κ2) is 6.67. The van der Waals surface area contributed by atoms with E-state index >= 15 is 0 Å². The predicted octanol–water partition coefficient (Wildman–Crippen LogP) is 1.36. The third-order valence-electron chi connectivity index (χ3n) is 3.76. The molecule has 1 unspecified atom stereocenters. The van der Waals surface area contributed by atoms with Crippen LogP contribution in [0.2, 0.25) is 0 Å². The Kier molecular flexibility index (Phi) is 4.90. The minimum Gasteiger partial charge on any atom is -0.494 e. The van der Waals surface area contributed by atoms with Crippen LogP contribution in [-0.2, 0) is 4.79 Å². The van der Waals surface area contributed by atoms with Crippen molar-refractivity contribution in [1.82, 2.24) is 4.90 Å². The number of piperidine rings is 1. The van der Waals surface area contributed by atoms with Crippen molar-refractivity contribution in [1.29, 1.82) is 0 Å². The molecule has 2 rings (SSSR count). The Balaban J connectivity index is 2.09. The first-order valence-electron chi connectivity index (χ1n) is 6.93. The third kappa shape index (κ3) is 3.58. The zero-order valence-corrected chi connectivity index (χ0v) is 12.0. The summed E-state index contributed by atoms with van der Waals surface area (Å²) in [5, 5.41) is 0. The first kappa shape index (κ1) is 15.4. The Bertz CT molecular complexity index is 548. The maximum absolute atomic E-state index is 13.6. The Morgan fingerprint density at radius 2 is 2.19 bits per heavy atom. The number of benzene rings is 1. The van der Waals surface area contributed by atoms with Crippen LogP contribution < -0.4 is 10.5 Å². The van der Waals surface area contributed by atoms with Gasteiger partial charge in [-0.15, -0.1) is 0 Å². The van der Waals surface area contributed by atoms with Crippen molar-refractivity contribution < 1.29 is 18.7 Å². The summed E-state index contributed by atoms with van der Waals surface area (Å²) in [5.74, 6) is -1.12. The molecule has 1 heterocycles. The van der Waals surface area contributed by atoms with Gasteiger partial charge < -0.3 is 10.5 Å². The molecule has 1 aromatic rings. The number of halogens is 1. The van der Waals surface area contributed by atoms with Crippen LogP contribution in [0.25, 0.3) is 0 Å². The van der Waals surface area contributed by atoms with E-state index in [9.17, 15) is 14.0 Å². The summed E-state index contributed by atoms with van der Waals surface area (Å²) in [6.07, 6.45) is 2.52. The van der Waals surface area contributed by atoms with Gasteiger partial charge in [-0.25, -0.2) is 4.39 Å². The number of likely N-dealkylation sites (tertiary alicyclic amines) is 1. The van der Waals surface area contributed by atoms with Crippen LogP contribution in [-0.4, -0.2) is 42.8 Å². The Morgan fingerprint density at radius 1 is 1.43 bits per heavy atom. The second-order valence-corrected chi connectivity index (χ2v) is 5.16. The van der Waals surface area contributed by atoms with Crippen LogP contribution in [0.15, 0.2) is 18.2 Å². The fourth-order valence-corrected chi connectivity index (χ4v) is 2.62. The van der Waals surface area contributed by atoms with Gasteiger partial charge in [0.1, 0.15) is 0 Å². The molecule has 6 heteroatoms. The van der Waals surface area contributed by atoms with Gasteiger partial charge in [0.05, 0.1) is 19.7 Å². The van der Waals surface area contributed by atoms with E-state index in [1.165, 1.54) is 19.2 Å². The third-order valence-corrected chi connectivity index (χ3v) is 3.76. The lowest BCUT2D eigenvalue weighted by molar-refractivity contribution is -0.124. The van der Waals surface area contributed by atoms with E-state index in [0.717, 1.165) is 18.9 Å². The maximum atomic E-state index is 13.6. The van der Waals surface area contributed by atoms with Gasteiger partial charge in [-0.2, -0.15) is 0 Å². The molecule has 1 atom stereocenters. The number of nitrogens with zero attached hydrogens (tertiary/aromatic N) is 1. The van der Waals surface area contributed by atoms with Gasteiger partial charge in [-0.1, -0.05) is 6.42 Å². The number of carbonyl (C=O) groups is 2. The number of ketones is 1. The van der Waals surface area contributed by atoms with E-state index in [1.807, 2.05) is 0 Å². The standard InChI is InChI=1S/C15H19FN2O3/c1-21-14-6-5-10(8-11(14)16)13(19)9-18-7-3-2-4-12(18)15(17)20/h5-6,8,12H,2-4,7,9H2,1H3,(H2,17,20). The van der Waals surface area contributed by atoms with Crippen LogP contribution in [0.3, 0.4) is 0 Å². The average Bonchev–Trinajstić information content (AvgIpc) is 2.47. The number of Topliss-reactive ketones (excluding diaryl/α,β-unsaturated/α-hetero) is 1. The summed E-state index contributed by atoms with van der Waals surface area (Å²) < 4.78 is 18.4. The van der Waals surface area contributed by atoms with Gasteiger partial charge in [0.25, 0.3) is 0 Å². The zero-order chi connectivity index (χ0) is 15.4. The normalized spacial score (nSPS) is 19.2. The van der Waals surface area contributed by atoms with E-state index in [-0.39, 0.29) is 23.6 Å².